The number of aromatic nitrogens is 1. The number of hydrogen-bond donors (Lipinski definition) is 1. The highest BCUT2D eigenvalue weighted by atomic mass is 16.5. The van der Waals surface area contributed by atoms with Crippen molar-refractivity contribution in [3.05, 3.63) is 53.7 Å². The lowest BCUT2D eigenvalue weighted by Gasteiger charge is -2.19. The summed E-state index contributed by atoms with van der Waals surface area (Å²) in [7, 11) is 1.94. The first kappa shape index (κ1) is 15.5. The smallest absolute Gasteiger partial charge is 0.219 e. The van der Waals surface area contributed by atoms with Gasteiger partial charge in [-0.1, -0.05) is 32.9 Å². The van der Waals surface area contributed by atoms with Crippen LogP contribution in [-0.2, 0) is 5.41 Å². The first-order chi connectivity index (χ1) is 9.90. The number of pyridine rings is 1. The van der Waals surface area contributed by atoms with E-state index in [1.165, 1.54) is 5.56 Å². The van der Waals surface area contributed by atoms with Gasteiger partial charge in [-0.25, -0.2) is 4.98 Å². The third-order valence-electron chi connectivity index (χ3n) is 3.61. The second kappa shape index (κ2) is 6.27. The van der Waals surface area contributed by atoms with Crippen molar-refractivity contribution >= 4 is 0 Å². The second-order valence-corrected chi connectivity index (χ2v) is 6.32. The number of rotatable bonds is 4. The molecule has 0 aliphatic heterocycles. The Morgan fingerprint density at radius 1 is 1.14 bits per heavy atom. The molecule has 112 valence electrons. The quantitative estimate of drug-likeness (QED) is 0.900. The van der Waals surface area contributed by atoms with E-state index >= 15 is 0 Å². The molecule has 1 unspecified atom stereocenters. The van der Waals surface area contributed by atoms with Crippen LogP contribution in [0, 0.1) is 0 Å². The number of nitrogens with one attached hydrogen (secondary N) is 1. The van der Waals surface area contributed by atoms with Crippen LogP contribution in [0.15, 0.2) is 42.6 Å². The van der Waals surface area contributed by atoms with Crippen molar-refractivity contribution in [3.8, 4) is 11.6 Å². The molecule has 2 aromatic rings. The Balaban J connectivity index is 2.22. The first-order valence-electron chi connectivity index (χ1n) is 7.32. The molecule has 0 fully saturated rings. The van der Waals surface area contributed by atoms with Crippen LogP contribution in [0.4, 0.5) is 0 Å². The highest BCUT2D eigenvalue weighted by Crippen LogP contribution is 2.28. The van der Waals surface area contributed by atoms with Crippen LogP contribution in [0.1, 0.15) is 44.9 Å². The minimum atomic E-state index is 0.106. The highest BCUT2D eigenvalue weighted by Gasteiger charge is 2.14. The summed E-state index contributed by atoms with van der Waals surface area (Å²) in [6, 6.07) is 12.4. The lowest BCUT2D eigenvalue weighted by Crippen LogP contribution is -2.12. The van der Waals surface area contributed by atoms with Crippen LogP contribution in [0.25, 0.3) is 0 Å². The Morgan fingerprint density at radius 2 is 1.90 bits per heavy atom. The molecule has 0 amide bonds. The molecule has 1 N–H and O–H groups in total. The Labute approximate surface area is 127 Å². The van der Waals surface area contributed by atoms with E-state index < -0.39 is 0 Å². The van der Waals surface area contributed by atoms with Gasteiger partial charge in [-0.3, -0.25) is 0 Å². The third kappa shape index (κ3) is 4.05. The summed E-state index contributed by atoms with van der Waals surface area (Å²) in [4.78, 5) is 4.29. The van der Waals surface area contributed by atoms with Gasteiger partial charge in [-0.15, -0.1) is 0 Å². The molecule has 0 spiro atoms. The lowest BCUT2D eigenvalue weighted by molar-refractivity contribution is 0.457. The topological polar surface area (TPSA) is 34.2 Å². The molecule has 1 aromatic heterocycles. The first-order valence-corrected chi connectivity index (χ1v) is 7.32. The summed E-state index contributed by atoms with van der Waals surface area (Å²) in [6.45, 7) is 8.69. The van der Waals surface area contributed by atoms with Crippen molar-refractivity contribution in [2.75, 3.05) is 7.05 Å². The SMILES string of the molecule is CNC(C)c1ccnc(Oc2cccc(C(C)(C)C)c2)c1. The summed E-state index contributed by atoms with van der Waals surface area (Å²) in [6.07, 6.45) is 1.78. The van der Waals surface area contributed by atoms with Gasteiger partial charge in [-0.05, 0) is 48.7 Å². The zero-order valence-electron chi connectivity index (χ0n) is 13.5. The van der Waals surface area contributed by atoms with E-state index in [9.17, 15) is 0 Å². The molecule has 0 aliphatic rings. The average Bonchev–Trinajstić information content (AvgIpc) is 2.46. The fourth-order valence-corrected chi connectivity index (χ4v) is 2.06. The maximum Gasteiger partial charge on any atom is 0.219 e. The van der Waals surface area contributed by atoms with Crippen molar-refractivity contribution in [3.63, 3.8) is 0 Å². The van der Waals surface area contributed by atoms with Crippen molar-refractivity contribution < 1.29 is 4.74 Å². The zero-order chi connectivity index (χ0) is 15.5. The number of benzene rings is 1. The van der Waals surface area contributed by atoms with Gasteiger partial charge in [-0.2, -0.15) is 0 Å². The Morgan fingerprint density at radius 3 is 2.57 bits per heavy atom. The van der Waals surface area contributed by atoms with Gasteiger partial charge in [0, 0.05) is 18.3 Å². The van der Waals surface area contributed by atoms with Crippen molar-refractivity contribution in [1.29, 1.82) is 0 Å². The largest absolute Gasteiger partial charge is 0.439 e. The van der Waals surface area contributed by atoms with Crippen LogP contribution in [0.2, 0.25) is 0 Å². The van der Waals surface area contributed by atoms with Crippen molar-refractivity contribution in [1.82, 2.24) is 10.3 Å². The van der Waals surface area contributed by atoms with Gasteiger partial charge >= 0.3 is 0 Å². The van der Waals surface area contributed by atoms with Crippen LogP contribution < -0.4 is 10.1 Å². The minimum absolute atomic E-state index is 0.106. The molecule has 0 aliphatic carbocycles. The molecule has 0 saturated heterocycles. The summed E-state index contributed by atoms with van der Waals surface area (Å²) < 4.78 is 5.91. The van der Waals surface area contributed by atoms with E-state index in [0.29, 0.717) is 5.88 Å². The highest BCUT2D eigenvalue weighted by molar-refractivity contribution is 5.35. The van der Waals surface area contributed by atoms with E-state index in [1.54, 1.807) is 6.20 Å². The maximum atomic E-state index is 5.91. The fourth-order valence-electron chi connectivity index (χ4n) is 2.06. The lowest BCUT2D eigenvalue weighted by atomic mass is 9.87. The maximum absolute atomic E-state index is 5.91. The van der Waals surface area contributed by atoms with E-state index in [2.05, 4.69) is 50.1 Å². The summed E-state index contributed by atoms with van der Waals surface area (Å²) in [5.41, 5.74) is 2.52. The van der Waals surface area contributed by atoms with Crippen molar-refractivity contribution in [2.45, 2.75) is 39.2 Å². The van der Waals surface area contributed by atoms with Crippen LogP contribution in [-0.4, -0.2) is 12.0 Å². The molecule has 3 heteroatoms. The minimum Gasteiger partial charge on any atom is -0.439 e. The average molecular weight is 284 g/mol. The Hall–Kier alpha value is -1.87. The van der Waals surface area contributed by atoms with E-state index in [-0.39, 0.29) is 11.5 Å². The second-order valence-electron chi connectivity index (χ2n) is 6.32. The Kier molecular flexibility index (Phi) is 4.63. The summed E-state index contributed by atoms with van der Waals surface area (Å²) in [5.74, 6) is 1.45. The van der Waals surface area contributed by atoms with Gasteiger partial charge in [0.05, 0.1) is 0 Å². The summed E-state index contributed by atoms with van der Waals surface area (Å²) >= 11 is 0. The van der Waals surface area contributed by atoms with Gasteiger partial charge in [0.15, 0.2) is 0 Å². The summed E-state index contributed by atoms with van der Waals surface area (Å²) in [5, 5.41) is 3.22. The Bertz CT molecular complexity index is 602. The van der Waals surface area contributed by atoms with Crippen LogP contribution in [0.5, 0.6) is 11.6 Å². The number of hydrogen-bond acceptors (Lipinski definition) is 3. The fraction of sp³-hybridized carbons (Fsp3) is 0.389. The van der Waals surface area contributed by atoms with E-state index in [4.69, 9.17) is 4.74 Å². The van der Waals surface area contributed by atoms with Gasteiger partial charge < -0.3 is 10.1 Å². The van der Waals surface area contributed by atoms with Gasteiger partial charge in [0.1, 0.15) is 5.75 Å². The molecular weight excluding hydrogens is 260 g/mol. The van der Waals surface area contributed by atoms with Crippen LogP contribution >= 0.6 is 0 Å². The monoisotopic (exact) mass is 284 g/mol. The molecule has 1 atom stereocenters. The molecule has 21 heavy (non-hydrogen) atoms. The normalized spacial score (nSPS) is 13.0. The number of ether oxygens (including phenoxy) is 1. The van der Waals surface area contributed by atoms with Crippen molar-refractivity contribution in [2.24, 2.45) is 0 Å². The predicted molar refractivity (Wildman–Crippen MR) is 86.9 cm³/mol. The molecule has 1 heterocycles. The van der Waals surface area contributed by atoms with Gasteiger partial charge in [0.25, 0.3) is 0 Å². The van der Waals surface area contributed by atoms with E-state index in [0.717, 1.165) is 11.3 Å². The molecule has 2 rings (SSSR count). The predicted octanol–water partition coefficient (Wildman–Crippen LogP) is 4.45. The zero-order valence-corrected chi connectivity index (χ0v) is 13.5. The molecule has 0 radical (unpaired) electrons. The van der Waals surface area contributed by atoms with Crippen LogP contribution in [0.3, 0.4) is 0 Å². The third-order valence-corrected chi connectivity index (χ3v) is 3.61. The standard InChI is InChI=1S/C18H24N2O/c1-13(19-5)14-9-10-20-17(11-14)21-16-8-6-7-15(12-16)18(2,3)4/h6-13,19H,1-5H3. The molecule has 0 bridgehead atoms. The van der Waals surface area contributed by atoms with Gasteiger partial charge in [0.2, 0.25) is 5.88 Å². The number of nitrogens with zero attached hydrogens (tertiary/aromatic N) is 1. The molecular formula is C18H24N2O. The molecule has 3 nitrogen and oxygen atoms in total. The molecule has 1 aromatic carbocycles. The molecule has 0 saturated carbocycles. The van der Waals surface area contributed by atoms with E-state index in [1.807, 2.05) is 31.3 Å².